The molecule has 9 heteroatoms. The number of nitrogens with one attached hydrogen (secondary N) is 1. The van der Waals surface area contributed by atoms with Gasteiger partial charge in [-0.15, -0.1) is 0 Å². The Morgan fingerprint density at radius 1 is 1.17 bits per heavy atom. The Balaban J connectivity index is 1.84. The highest BCUT2D eigenvalue weighted by atomic mass is 35.5. The molecule has 1 aromatic heterocycles. The molecule has 0 saturated heterocycles. The van der Waals surface area contributed by atoms with Gasteiger partial charge in [0.2, 0.25) is 0 Å². The van der Waals surface area contributed by atoms with Crippen LogP contribution in [0.1, 0.15) is 16.1 Å². The van der Waals surface area contributed by atoms with Crippen molar-refractivity contribution in [2.45, 2.75) is 11.4 Å². The highest BCUT2D eigenvalue weighted by Crippen LogP contribution is 2.27. The van der Waals surface area contributed by atoms with Crippen LogP contribution in [-0.4, -0.2) is 28.5 Å². The van der Waals surface area contributed by atoms with Crippen molar-refractivity contribution in [2.24, 2.45) is 0 Å². The van der Waals surface area contributed by atoms with Gasteiger partial charge in [0.25, 0.3) is 15.9 Å². The molecule has 0 spiro atoms. The number of sulfonamides is 1. The molecule has 152 valence electrons. The van der Waals surface area contributed by atoms with E-state index in [1.807, 2.05) is 0 Å². The van der Waals surface area contributed by atoms with Gasteiger partial charge in [-0.05, 0) is 54.6 Å². The van der Waals surface area contributed by atoms with Gasteiger partial charge < -0.3 is 14.5 Å². The van der Waals surface area contributed by atoms with Crippen LogP contribution in [0.2, 0.25) is 5.02 Å². The lowest BCUT2D eigenvalue weighted by atomic mass is 10.2. The summed E-state index contributed by atoms with van der Waals surface area (Å²) in [5.41, 5.74) is 0.459. The van der Waals surface area contributed by atoms with Crippen LogP contribution < -0.4 is 14.4 Å². The average molecular weight is 435 g/mol. The van der Waals surface area contributed by atoms with Crippen molar-refractivity contribution in [3.8, 4) is 5.75 Å². The van der Waals surface area contributed by atoms with Gasteiger partial charge in [-0.25, -0.2) is 8.42 Å². The first kappa shape index (κ1) is 20.8. The molecule has 29 heavy (non-hydrogen) atoms. The fourth-order valence-electron chi connectivity index (χ4n) is 2.60. The number of furan rings is 1. The summed E-state index contributed by atoms with van der Waals surface area (Å²) in [5.74, 6) is 0.696. The van der Waals surface area contributed by atoms with Crippen molar-refractivity contribution < 1.29 is 22.4 Å². The largest absolute Gasteiger partial charge is 0.497 e. The molecule has 3 rings (SSSR count). The van der Waals surface area contributed by atoms with E-state index < -0.39 is 15.9 Å². The minimum Gasteiger partial charge on any atom is -0.497 e. The highest BCUT2D eigenvalue weighted by molar-refractivity contribution is 7.92. The first-order chi connectivity index (χ1) is 13.8. The van der Waals surface area contributed by atoms with E-state index in [0.29, 0.717) is 17.2 Å². The van der Waals surface area contributed by atoms with Gasteiger partial charge in [0.1, 0.15) is 11.5 Å². The molecule has 0 aliphatic heterocycles. The molecule has 7 nitrogen and oxygen atoms in total. The van der Waals surface area contributed by atoms with Gasteiger partial charge in [0, 0.05) is 7.05 Å². The molecule has 0 aliphatic carbocycles. The number of benzene rings is 2. The summed E-state index contributed by atoms with van der Waals surface area (Å²) < 4.78 is 37.2. The maximum absolute atomic E-state index is 12.9. The predicted molar refractivity (Wildman–Crippen MR) is 110 cm³/mol. The molecule has 0 fully saturated rings. The number of hydrogen-bond acceptors (Lipinski definition) is 5. The Kier molecular flexibility index (Phi) is 6.14. The SMILES string of the molecule is COc1ccc(S(=O)(=O)N(C)c2ccc(Cl)c(C(=O)NCc3ccco3)c2)cc1. The topological polar surface area (TPSA) is 88.9 Å². The van der Waals surface area contributed by atoms with Crippen molar-refractivity contribution >= 4 is 33.2 Å². The number of rotatable bonds is 7. The molecule has 1 N–H and O–H groups in total. The standard InChI is InChI=1S/C20H19ClN2O5S/c1-23(29(25,26)17-8-6-15(27-2)7-9-17)14-5-10-19(21)18(12-14)20(24)22-13-16-4-3-11-28-16/h3-12H,13H2,1-2H3,(H,22,24). The zero-order chi connectivity index (χ0) is 21.0. The molecule has 2 aromatic carbocycles. The molecule has 0 radical (unpaired) electrons. The number of ether oxygens (including phenoxy) is 1. The second-order valence-electron chi connectivity index (χ2n) is 6.07. The molecule has 0 atom stereocenters. The molecule has 0 saturated carbocycles. The minimum absolute atomic E-state index is 0.0968. The molecular weight excluding hydrogens is 416 g/mol. The van der Waals surface area contributed by atoms with Gasteiger partial charge in [0.05, 0.1) is 41.1 Å². The van der Waals surface area contributed by atoms with Crippen LogP contribution in [0.5, 0.6) is 5.75 Å². The van der Waals surface area contributed by atoms with Gasteiger partial charge >= 0.3 is 0 Å². The Morgan fingerprint density at radius 3 is 2.52 bits per heavy atom. The summed E-state index contributed by atoms with van der Waals surface area (Å²) in [4.78, 5) is 12.6. The fraction of sp³-hybridized carbons (Fsp3) is 0.150. The summed E-state index contributed by atoms with van der Waals surface area (Å²) in [5, 5.41) is 2.90. The van der Waals surface area contributed by atoms with Crippen molar-refractivity contribution in [1.29, 1.82) is 0 Å². The number of methoxy groups -OCH3 is 1. The summed E-state index contributed by atoms with van der Waals surface area (Å²) in [7, 11) is -0.920. The van der Waals surface area contributed by atoms with E-state index in [1.165, 1.54) is 50.8 Å². The number of halogens is 1. The Labute approximate surface area is 173 Å². The van der Waals surface area contributed by atoms with Crippen LogP contribution in [0.4, 0.5) is 5.69 Å². The normalized spacial score (nSPS) is 11.1. The smallest absolute Gasteiger partial charge is 0.264 e. The fourth-order valence-corrected chi connectivity index (χ4v) is 3.99. The number of hydrogen-bond donors (Lipinski definition) is 1. The van der Waals surface area contributed by atoms with E-state index in [0.717, 1.165) is 4.31 Å². The number of carbonyl (C=O) groups is 1. The summed E-state index contributed by atoms with van der Waals surface area (Å²) in [6.07, 6.45) is 1.51. The number of carbonyl (C=O) groups excluding carboxylic acids is 1. The molecule has 0 bridgehead atoms. The van der Waals surface area contributed by atoms with E-state index in [-0.39, 0.29) is 22.0 Å². The lowest BCUT2D eigenvalue weighted by molar-refractivity contribution is 0.0948. The van der Waals surface area contributed by atoms with Gasteiger partial charge in [-0.3, -0.25) is 9.10 Å². The third-order valence-corrected chi connectivity index (χ3v) is 6.41. The Hall–Kier alpha value is -2.97. The van der Waals surface area contributed by atoms with Gasteiger partial charge in [-0.2, -0.15) is 0 Å². The van der Waals surface area contributed by atoms with Crippen molar-refractivity contribution in [2.75, 3.05) is 18.5 Å². The average Bonchev–Trinajstić information content (AvgIpc) is 3.25. The Morgan fingerprint density at radius 2 is 1.90 bits per heavy atom. The highest BCUT2D eigenvalue weighted by Gasteiger charge is 2.23. The first-order valence-electron chi connectivity index (χ1n) is 8.56. The Bertz CT molecular complexity index is 1100. The molecular formula is C20H19ClN2O5S. The monoisotopic (exact) mass is 434 g/mol. The van der Waals surface area contributed by atoms with E-state index in [2.05, 4.69) is 5.32 Å². The maximum Gasteiger partial charge on any atom is 0.264 e. The number of anilines is 1. The van der Waals surface area contributed by atoms with E-state index in [1.54, 1.807) is 24.3 Å². The van der Waals surface area contributed by atoms with Crippen LogP contribution in [0.15, 0.2) is 70.2 Å². The van der Waals surface area contributed by atoms with Crippen molar-refractivity contribution in [3.05, 3.63) is 77.2 Å². The second kappa shape index (κ2) is 8.59. The van der Waals surface area contributed by atoms with Crippen LogP contribution >= 0.6 is 11.6 Å². The lowest BCUT2D eigenvalue weighted by Crippen LogP contribution is -2.27. The predicted octanol–water partition coefficient (Wildman–Crippen LogP) is 3.70. The van der Waals surface area contributed by atoms with E-state index in [9.17, 15) is 13.2 Å². The molecule has 1 amide bonds. The molecule has 0 aliphatic rings. The van der Waals surface area contributed by atoms with Gasteiger partial charge in [0.15, 0.2) is 0 Å². The second-order valence-corrected chi connectivity index (χ2v) is 8.45. The zero-order valence-electron chi connectivity index (χ0n) is 15.8. The number of nitrogens with zero attached hydrogens (tertiary/aromatic N) is 1. The van der Waals surface area contributed by atoms with Crippen molar-refractivity contribution in [1.82, 2.24) is 5.32 Å². The summed E-state index contributed by atoms with van der Waals surface area (Å²) in [6.45, 7) is 0.187. The van der Waals surface area contributed by atoms with E-state index in [4.69, 9.17) is 20.8 Å². The third-order valence-electron chi connectivity index (χ3n) is 4.28. The molecule has 1 heterocycles. The van der Waals surface area contributed by atoms with E-state index >= 15 is 0 Å². The van der Waals surface area contributed by atoms with Gasteiger partial charge in [-0.1, -0.05) is 11.6 Å². The lowest BCUT2D eigenvalue weighted by Gasteiger charge is -2.20. The van der Waals surface area contributed by atoms with Crippen LogP contribution in [0.25, 0.3) is 0 Å². The quantitative estimate of drug-likeness (QED) is 0.612. The summed E-state index contributed by atoms with van der Waals surface area (Å²) >= 11 is 6.15. The first-order valence-corrected chi connectivity index (χ1v) is 10.4. The zero-order valence-corrected chi connectivity index (χ0v) is 17.3. The maximum atomic E-state index is 12.9. The summed E-state index contributed by atoms with van der Waals surface area (Å²) in [6, 6.07) is 13.9. The van der Waals surface area contributed by atoms with Crippen LogP contribution in [-0.2, 0) is 16.6 Å². The third kappa shape index (κ3) is 4.55. The minimum atomic E-state index is -3.83. The number of amides is 1. The van der Waals surface area contributed by atoms with Crippen molar-refractivity contribution in [3.63, 3.8) is 0 Å². The van der Waals surface area contributed by atoms with Crippen LogP contribution in [0, 0.1) is 0 Å². The molecule has 0 unspecified atom stereocenters. The van der Waals surface area contributed by atoms with Crippen LogP contribution in [0.3, 0.4) is 0 Å². The molecule has 3 aromatic rings.